The Morgan fingerprint density at radius 1 is 1.26 bits per heavy atom. The molecule has 0 bridgehead atoms. The van der Waals surface area contributed by atoms with Crippen molar-refractivity contribution >= 4 is 33.4 Å². The highest BCUT2D eigenvalue weighted by molar-refractivity contribution is 9.10. The lowest BCUT2D eigenvalue weighted by molar-refractivity contribution is 0.0949. The second-order valence-corrected chi connectivity index (χ2v) is 5.23. The molecule has 0 aliphatic rings. The maximum absolute atomic E-state index is 13.1. The monoisotopic (exact) mass is 341 g/mol. The molecule has 0 atom stereocenters. The molecule has 0 aliphatic carbocycles. The molecule has 2 aromatic carbocycles. The third-order valence-electron chi connectivity index (χ3n) is 2.52. The maximum atomic E-state index is 13.1. The van der Waals surface area contributed by atoms with Crippen LogP contribution in [0.25, 0.3) is 0 Å². The molecule has 19 heavy (non-hydrogen) atoms. The SMILES string of the molecule is O=C(NCc1cccc(Cl)c1)c1cc(F)ccc1Br. The molecule has 0 heterocycles. The molecule has 2 rings (SSSR count). The van der Waals surface area contributed by atoms with Gasteiger partial charge in [-0.05, 0) is 51.8 Å². The van der Waals surface area contributed by atoms with Crippen LogP contribution in [0.4, 0.5) is 4.39 Å². The van der Waals surface area contributed by atoms with E-state index in [0.29, 0.717) is 16.0 Å². The number of nitrogens with one attached hydrogen (secondary N) is 1. The zero-order chi connectivity index (χ0) is 13.8. The predicted octanol–water partition coefficient (Wildman–Crippen LogP) is 4.17. The largest absolute Gasteiger partial charge is 0.348 e. The molecule has 5 heteroatoms. The molecule has 0 saturated carbocycles. The molecule has 2 nitrogen and oxygen atoms in total. The fraction of sp³-hybridized carbons (Fsp3) is 0.0714. The summed E-state index contributed by atoms with van der Waals surface area (Å²) in [7, 11) is 0. The van der Waals surface area contributed by atoms with Crippen molar-refractivity contribution in [3.63, 3.8) is 0 Å². The van der Waals surface area contributed by atoms with E-state index in [1.54, 1.807) is 12.1 Å². The van der Waals surface area contributed by atoms with Crippen LogP contribution in [0.1, 0.15) is 15.9 Å². The Balaban J connectivity index is 2.07. The zero-order valence-electron chi connectivity index (χ0n) is 9.79. The molecule has 1 N–H and O–H groups in total. The van der Waals surface area contributed by atoms with Crippen molar-refractivity contribution in [2.24, 2.45) is 0 Å². The molecule has 0 unspecified atom stereocenters. The molecule has 0 aliphatic heterocycles. The highest BCUT2D eigenvalue weighted by Gasteiger charge is 2.10. The molecular weight excluding hydrogens is 333 g/mol. The van der Waals surface area contributed by atoms with Crippen molar-refractivity contribution in [3.05, 3.63) is 68.9 Å². The fourth-order valence-corrected chi connectivity index (χ4v) is 2.24. The Hall–Kier alpha value is -1.39. The molecule has 0 fully saturated rings. The Labute approximate surface area is 123 Å². The standard InChI is InChI=1S/C14H10BrClFNO/c15-13-5-4-11(17)7-12(13)14(19)18-8-9-2-1-3-10(16)6-9/h1-7H,8H2,(H,18,19). The van der Waals surface area contributed by atoms with Gasteiger partial charge in [0.25, 0.3) is 5.91 Å². The molecule has 0 spiro atoms. The number of hydrogen-bond donors (Lipinski definition) is 1. The summed E-state index contributed by atoms with van der Waals surface area (Å²) >= 11 is 9.07. The Morgan fingerprint density at radius 3 is 2.79 bits per heavy atom. The van der Waals surface area contributed by atoms with E-state index in [2.05, 4.69) is 21.2 Å². The van der Waals surface area contributed by atoms with Crippen LogP contribution in [0.2, 0.25) is 5.02 Å². The van der Waals surface area contributed by atoms with E-state index in [1.165, 1.54) is 18.2 Å². The van der Waals surface area contributed by atoms with E-state index in [4.69, 9.17) is 11.6 Å². The zero-order valence-corrected chi connectivity index (χ0v) is 12.1. The van der Waals surface area contributed by atoms with Crippen LogP contribution in [0.3, 0.4) is 0 Å². The van der Waals surface area contributed by atoms with Crippen LogP contribution >= 0.6 is 27.5 Å². The van der Waals surface area contributed by atoms with Crippen LogP contribution in [-0.2, 0) is 6.54 Å². The minimum atomic E-state index is -0.448. The van der Waals surface area contributed by atoms with E-state index in [1.807, 2.05) is 12.1 Å². The van der Waals surface area contributed by atoms with Gasteiger partial charge in [-0.2, -0.15) is 0 Å². The highest BCUT2D eigenvalue weighted by atomic mass is 79.9. The second-order valence-electron chi connectivity index (χ2n) is 3.94. The van der Waals surface area contributed by atoms with E-state index in [9.17, 15) is 9.18 Å². The molecular formula is C14H10BrClFNO. The van der Waals surface area contributed by atoms with E-state index < -0.39 is 5.82 Å². The summed E-state index contributed by atoms with van der Waals surface area (Å²) in [4.78, 5) is 11.9. The third kappa shape index (κ3) is 3.78. The van der Waals surface area contributed by atoms with Crippen LogP contribution in [0.15, 0.2) is 46.9 Å². The van der Waals surface area contributed by atoms with Crippen LogP contribution in [0, 0.1) is 5.82 Å². The van der Waals surface area contributed by atoms with Crippen molar-refractivity contribution in [2.45, 2.75) is 6.54 Å². The number of carbonyl (C=O) groups excluding carboxylic acids is 1. The van der Waals surface area contributed by atoms with E-state index >= 15 is 0 Å². The first-order valence-electron chi connectivity index (χ1n) is 5.54. The topological polar surface area (TPSA) is 29.1 Å². The number of halogens is 3. The first-order valence-corrected chi connectivity index (χ1v) is 6.71. The number of amides is 1. The first kappa shape index (κ1) is 14.0. The number of rotatable bonds is 3. The fourth-order valence-electron chi connectivity index (χ4n) is 1.60. The van der Waals surface area contributed by atoms with Crippen LogP contribution in [-0.4, -0.2) is 5.91 Å². The minimum absolute atomic E-state index is 0.266. The van der Waals surface area contributed by atoms with Crippen molar-refractivity contribution in [2.75, 3.05) is 0 Å². The Bertz CT molecular complexity index is 618. The summed E-state index contributed by atoms with van der Waals surface area (Å²) in [6.07, 6.45) is 0. The summed E-state index contributed by atoms with van der Waals surface area (Å²) < 4.78 is 13.7. The second kappa shape index (κ2) is 6.17. The molecule has 0 aromatic heterocycles. The minimum Gasteiger partial charge on any atom is -0.348 e. The van der Waals surface area contributed by atoms with Gasteiger partial charge >= 0.3 is 0 Å². The third-order valence-corrected chi connectivity index (χ3v) is 3.44. The van der Waals surface area contributed by atoms with Crippen molar-refractivity contribution in [3.8, 4) is 0 Å². The molecule has 2 aromatic rings. The maximum Gasteiger partial charge on any atom is 0.252 e. The smallest absolute Gasteiger partial charge is 0.252 e. The Morgan fingerprint density at radius 2 is 2.05 bits per heavy atom. The van der Waals surface area contributed by atoms with Gasteiger partial charge in [0.2, 0.25) is 0 Å². The number of carbonyl (C=O) groups is 1. The van der Waals surface area contributed by atoms with Gasteiger partial charge in [0, 0.05) is 16.0 Å². The van der Waals surface area contributed by atoms with Gasteiger partial charge in [-0.1, -0.05) is 23.7 Å². The average Bonchev–Trinajstić information content (AvgIpc) is 2.39. The van der Waals surface area contributed by atoms with Gasteiger partial charge < -0.3 is 5.32 Å². The van der Waals surface area contributed by atoms with Crippen LogP contribution in [0.5, 0.6) is 0 Å². The predicted molar refractivity (Wildman–Crippen MR) is 76.7 cm³/mol. The summed E-state index contributed by atoms with van der Waals surface area (Å²) in [6.45, 7) is 0.336. The quantitative estimate of drug-likeness (QED) is 0.891. The summed E-state index contributed by atoms with van der Waals surface area (Å²) in [5.41, 5.74) is 1.15. The normalized spacial score (nSPS) is 10.3. The summed E-state index contributed by atoms with van der Waals surface area (Å²) in [5.74, 6) is -0.789. The van der Waals surface area contributed by atoms with Crippen molar-refractivity contribution in [1.82, 2.24) is 5.32 Å². The van der Waals surface area contributed by atoms with E-state index in [0.717, 1.165) is 5.56 Å². The number of benzene rings is 2. The van der Waals surface area contributed by atoms with Crippen molar-refractivity contribution < 1.29 is 9.18 Å². The first-order chi connectivity index (χ1) is 9.06. The van der Waals surface area contributed by atoms with E-state index in [-0.39, 0.29) is 11.5 Å². The Kier molecular flexibility index (Phi) is 4.56. The summed E-state index contributed by atoms with van der Waals surface area (Å²) in [6, 6.07) is 11.2. The van der Waals surface area contributed by atoms with Gasteiger partial charge in [-0.25, -0.2) is 4.39 Å². The van der Waals surface area contributed by atoms with Gasteiger partial charge in [-0.3, -0.25) is 4.79 Å². The van der Waals surface area contributed by atoms with Crippen molar-refractivity contribution in [1.29, 1.82) is 0 Å². The highest BCUT2D eigenvalue weighted by Crippen LogP contribution is 2.18. The van der Waals surface area contributed by atoms with Gasteiger partial charge in [0.05, 0.1) is 5.56 Å². The lowest BCUT2D eigenvalue weighted by Gasteiger charge is -2.07. The molecule has 0 saturated heterocycles. The molecule has 98 valence electrons. The lowest BCUT2D eigenvalue weighted by atomic mass is 10.2. The number of hydrogen-bond acceptors (Lipinski definition) is 1. The van der Waals surface area contributed by atoms with Gasteiger partial charge in [0.15, 0.2) is 0 Å². The lowest BCUT2D eigenvalue weighted by Crippen LogP contribution is -2.23. The van der Waals surface area contributed by atoms with Gasteiger partial charge in [0.1, 0.15) is 5.82 Å². The van der Waals surface area contributed by atoms with Crippen LogP contribution < -0.4 is 5.32 Å². The average molecular weight is 343 g/mol. The summed E-state index contributed by atoms with van der Waals surface area (Å²) in [5, 5.41) is 3.33. The molecule has 0 radical (unpaired) electrons. The molecule has 1 amide bonds. The van der Waals surface area contributed by atoms with Gasteiger partial charge in [-0.15, -0.1) is 0 Å².